The monoisotopic (exact) mass is 430 g/mol. The Balaban J connectivity index is 1.75. The minimum Gasteiger partial charge on any atom is -0.223 e. The quantitative estimate of drug-likeness (QED) is 0.451. The SMILES string of the molecule is O=S(=O)(c1ccc(F)cc1)C1(c2ccc(C(F)(F)c3ccccc3)cc2)CCCC1. The van der Waals surface area contributed by atoms with Crippen molar-refractivity contribution in [2.75, 3.05) is 0 Å². The fourth-order valence-electron chi connectivity index (χ4n) is 4.30. The van der Waals surface area contributed by atoms with Crippen molar-refractivity contribution >= 4 is 9.84 Å². The number of sulfone groups is 1. The molecule has 1 aliphatic carbocycles. The number of alkyl halides is 2. The Labute approximate surface area is 174 Å². The normalized spacial score (nSPS) is 16.5. The van der Waals surface area contributed by atoms with Crippen molar-refractivity contribution in [1.82, 2.24) is 0 Å². The lowest BCUT2D eigenvalue weighted by atomic mass is 9.93. The van der Waals surface area contributed by atoms with Crippen LogP contribution in [0.25, 0.3) is 0 Å². The van der Waals surface area contributed by atoms with Gasteiger partial charge in [-0.3, -0.25) is 0 Å². The maximum absolute atomic E-state index is 14.9. The molecule has 0 saturated heterocycles. The third kappa shape index (κ3) is 3.33. The van der Waals surface area contributed by atoms with E-state index in [9.17, 15) is 21.6 Å². The molecule has 1 aliphatic rings. The second-order valence-corrected chi connectivity index (χ2v) is 9.94. The van der Waals surface area contributed by atoms with Gasteiger partial charge in [0, 0.05) is 11.1 Å². The van der Waals surface area contributed by atoms with Crippen molar-refractivity contribution in [2.45, 2.75) is 41.2 Å². The van der Waals surface area contributed by atoms with Crippen molar-refractivity contribution in [3.8, 4) is 0 Å². The molecule has 3 aromatic rings. The zero-order valence-electron chi connectivity index (χ0n) is 16.2. The average molecular weight is 430 g/mol. The molecule has 0 radical (unpaired) electrons. The Morgan fingerprint density at radius 2 is 1.27 bits per heavy atom. The summed E-state index contributed by atoms with van der Waals surface area (Å²) in [6, 6.07) is 17.9. The first-order valence-electron chi connectivity index (χ1n) is 9.82. The molecular weight excluding hydrogens is 409 g/mol. The maximum atomic E-state index is 14.9. The van der Waals surface area contributed by atoms with E-state index in [0.717, 1.165) is 25.0 Å². The van der Waals surface area contributed by atoms with E-state index in [1.54, 1.807) is 18.2 Å². The van der Waals surface area contributed by atoms with Gasteiger partial charge in [-0.2, -0.15) is 8.78 Å². The van der Waals surface area contributed by atoms with Gasteiger partial charge in [0.25, 0.3) is 5.92 Å². The molecule has 0 N–H and O–H groups in total. The summed E-state index contributed by atoms with van der Waals surface area (Å²) in [5.74, 6) is -3.69. The molecule has 156 valence electrons. The Hall–Kier alpha value is -2.60. The molecule has 0 unspecified atom stereocenters. The first-order chi connectivity index (χ1) is 14.3. The topological polar surface area (TPSA) is 34.1 Å². The van der Waals surface area contributed by atoms with Crippen LogP contribution in [0.1, 0.15) is 42.4 Å². The number of halogens is 3. The van der Waals surface area contributed by atoms with Crippen LogP contribution in [0.2, 0.25) is 0 Å². The van der Waals surface area contributed by atoms with Crippen LogP contribution in [0, 0.1) is 5.82 Å². The highest BCUT2D eigenvalue weighted by molar-refractivity contribution is 7.92. The summed E-state index contributed by atoms with van der Waals surface area (Å²) in [6.07, 6.45) is 2.26. The highest BCUT2D eigenvalue weighted by Gasteiger charge is 2.48. The standard InChI is InChI=1S/C24H21F3O2S/c25-21-12-14-22(15-13-21)30(28,29)23(16-4-5-17-23)18-8-10-20(11-9-18)24(26,27)19-6-2-1-3-7-19/h1-3,6-15H,4-5,16-17H2. The van der Waals surface area contributed by atoms with Crippen molar-refractivity contribution < 1.29 is 21.6 Å². The predicted molar refractivity (Wildman–Crippen MR) is 110 cm³/mol. The molecule has 0 heterocycles. The number of hydrogen-bond acceptors (Lipinski definition) is 2. The summed E-state index contributed by atoms with van der Waals surface area (Å²) in [5.41, 5.74) is 0.189. The van der Waals surface area contributed by atoms with Crippen LogP contribution < -0.4 is 0 Å². The Morgan fingerprint density at radius 1 is 0.733 bits per heavy atom. The second-order valence-electron chi connectivity index (χ2n) is 7.68. The van der Waals surface area contributed by atoms with Crippen LogP contribution in [-0.2, 0) is 20.5 Å². The molecule has 0 atom stereocenters. The van der Waals surface area contributed by atoms with E-state index >= 15 is 0 Å². The van der Waals surface area contributed by atoms with E-state index in [0.29, 0.717) is 18.4 Å². The lowest BCUT2D eigenvalue weighted by molar-refractivity contribution is 0.0428. The van der Waals surface area contributed by atoms with E-state index < -0.39 is 26.3 Å². The van der Waals surface area contributed by atoms with Gasteiger partial charge in [-0.1, -0.05) is 67.4 Å². The Kier molecular flexibility index (Phi) is 5.22. The van der Waals surface area contributed by atoms with Crippen LogP contribution in [0.4, 0.5) is 13.2 Å². The van der Waals surface area contributed by atoms with Gasteiger partial charge in [-0.15, -0.1) is 0 Å². The van der Waals surface area contributed by atoms with E-state index in [2.05, 4.69) is 0 Å². The fourth-order valence-corrected chi connectivity index (χ4v) is 6.51. The van der Waals surface area contributed by atoms with Gasteiger partial charge < -0.3 is 0 Å². The van der Waals surface area contributed by atoms with Gasteiger partial charge in [-0.05, 0) is 42.7 Å². The van der Waals surface area contributed by atoms with E-state index in [4.69, 9.17) is 0 Å². The predicted octanol–water partition coefficient (Wildman–Crippen LogP) is 6.21. The van der Waals surface area contributed by atoms with Crippen LogP contribution >= 0.6 is 0 Å². The number of rotatable bonds is 5. The number of hydrogen-bond donors (Lipinski definition) is 0. The zero-order valence-corrected chi connectivity index (χ0v) is 17.0. The van der Waals surface area contributed by atoms with Gasteiger partial charge in [0.2, 0.25) is 0 Å². The van der Waals surface area contributed by atoms with Crippen LogP contribution in [-0.4, -0.2) is 8.42 Å². The summed E-state index contributed by atoms with van der Waals surface area (Å²) in [7, 11) is -3.82. The molecule has 0 spiro atoms. The summed E-state index contributed by atoms with van der Waals surface area (Å²) < 4.78 is 68.9. The van der Waals surface area contributed by atoms with Crippen LogP contribution in [0.5, 0.6) is 0 Å². The van der Waals surface area contributed by atoms with E-state index in [1.807, 2.05) is 0 Å². The van der Waals surface area contributed by atoms with Gasteiger partial charge in [0.15, 0.2) is 9.84 Å². The van der Waals surface area contributed by atoms with Gasteiger partial charge >= 0.3 is 0 Å². The fraction of sp³-hybridized carbons (Fsp3) is 0.250. The van der Waals surface area contributed by atoms with Gasteiger partial charge in [0.05, 0.1) is 4.90 Å². The highest BCUT2D eigenvalue weighted by atomic mass is 32.2. The first kappa shape index (κ1) is 20.7. The summed E-state index contributed by atoms with van der Waals surface area (Å²) in [6.45, 7) is 0. The maximum Gasteiger partial charge on any atom is 0.298 e. The summed E-state index contributed by atoms with van der Waals surface area (Å²) in [4.78, 5) is 0.0458. The Morgan fingerprint density at radius 3 is 1.83 bits per heavy atom. The third-order valence-corrected chi connectivity index (χ3v) is 8.53. The smallest absolute Gasteiger partial charge is 0.223 e. The molecule has 0 aliphatic heterocycles. The molecule has 0 aromatic heterocycles. The van der Waals surface area contributed by atoms with Crippen molar-refractivity contribution in [3.05, 3.63) is 101 Å². The molecule has 30 heavy (non-hydrogen) atoms. The van der Waals surface area contributed by atoms with Crippen LogP contribution in [0.3, 0.4) is 0 Å². The van der Waals surface area contributed by atoms with E-state index in [-0.39, 0.29) is 16.0 Å². The molecule has 0 bridgehead atoms. The lowest BCUT2D eigenvalue weighted by Crippen LogP contribution is -2.33. The van der Waals surface area contributed by atoms with Crippen molar-refractivity contribution in [2.24, 2.45) is 0 Å². The van der Waals surface area contributed by atoms with Crippen LogP contribution in [0.15, 0.2) is 83.8 Å². The molecule has 3 aromatic carbocycles. The molecule has 0 amide bonds. The Bertz CT molecular complexity index is 1120. The average Bonchev–Trinajstić information content (AvgIpc) is 3.27. The van der Waals surface area contributed by atoms with Crippen molar-refractivity contribution in [3.63, 3.8) is 0 Å². The van der Waals surface area contributed by atoms with Crippen molar-refractivity contribution in [1.29, 1.82) is 0 Å². The lowest BCUT2D eigenvalue weighted by Gasteiger charge is -2.30. The second kappa shape index (κ2) is 7.58. The van der Waals surface area contributed by atoms with E-state index in [1.165, 1.54) is 48.5 Å². The first-order valence-corrected chi connectivity index (χ1v) is 11.3. The molecule has 1 saturated carbocycles. The minimum absolute atomic E-state index is 0.0458. The molecule has 6 heteroatoms. The molecule has 1 fully saturated rings. The largest absolute Gasteiger partial charge is 0.298 e. The van der Waals surface area contributed by atoms with Gasteiger partial charge in [-0.25, -0.2) is 12.8 Å². The molecule has 2 nitrogen and oxygen atoms in total. The zero-order chi connectivity index (χ0) is 21.4. The minimum atomic E-state index is -3.82. The molecular formula is C24H21F3O2S. The summed E-state index contributed by atoms with van der Waals surface area (Å²) in [5, 5.41) is 0. The molecule has 4 rings (SSSR count). The summed E-state index contributed by atoms with van der Waals surface area (Å²) >= 11 is 0. The van der Waals surface area contributed by atoms with Gasteiger partial charge in [0.1, 0.15) is 10.6 Å². The number of benzene rings is 3. The highest BCUT2D eigenvalue weighted by Crippen LogP contribution is 2.49. The third-order valence-electron chi connectivity index (χ3n) is 5.96.